The summed E-state index contributed by atoms with van der Waals surface area (Å²) >= 11 is 1.80. The zero-order chi connectivity index (χ0) is 55.8. The van der Waals surface area contributed by atoms with Gasteiger partial charge in [-0.3, -0.25) is 0 Å². The van der Waals surface area contributed by atoms with Gasteiger partial charge >= 0.3 is 0 Å². The first-order valence-corrected chi connectivity index (χ1v) is 29.5. The highest BCUT2D eigenvalue weighted by Gasteiger charge is 2.35. The molecule has 0 saturated carbocycles. The topological polar surface area (TPSA) is 47.9 Å². The Hall–Kier alpha value is -11.5. The summed E-state index contributed by atoms with van der Waals surface area (Å²) in [6.45, 7) is 9.94. The summed E-state index contributed by atoms with van der Waals surface area (Å²) in [5.74, 6) is 0. The molecule has 0 radical (unpaired) electrons. The Labute approximate surface area is 489 Å². The van der Waals surface area contributed by atoms with Gasteiger partial charge in [0.15, 0.2) is 0 Å². The molecule has 5 aromatic heterocycles. The third kappa shape index (κ3) is 5.98. The van der Waals surface area contributed by atoms with E-state index in [0.717, 1.165) is 114 Å². The van der Waals surface area contributed by atoms with Crippen LogP contribution in [0, 0.1) is 17.9 Å². The van der Waals surface area contributed by atoms with Crippen LogP contribution in [0.2, 0.25) is 0 Å². The number of rotatable bonds is 5. The van der Waals surface area contributed by atoms with Gasteiger partial charge in [-0.2, -0.15) is 5.26 Å². The molecule has 1 aliphatic carbocycles. The van der Waals surface area contributed by atoms with Crippen LogP contribution in [0.25, 0.3) is 179 Å². The summed E-state index contributed by atoms with van der Waals surface area (Å²) in [5.41, 5.74) is 18.2. The van der Waals surface area contributed by atoms with Gasteiger partial charge in [-0.1, -0.05) is 200 Å². The van der Waals surface area contributed by atoms with Crippen molar-refractivity contribution < 1.29 is 0 Å². The predicted molar refractivity (Wildman–Crippen MR) is 355 cm³/mol. The Morgan fingerprint density at radius 2 is 0.765 bits per heavy atom. The van der Waals surface area contributed by atoms with Gasteiger partial charge < -0.3 is 18.3 Å². The third-order valence-electron chi connectivity index (χ3n) is 18.4. The molecule has 0 saturated heterocycles. The normalized spacial score (nSPS) is 12.2. The maximum absolute atomic E-state index is 12.7. The average Bonchev–Trinajstić information content (AvgIpc) is 1.70. The molecule has 0 aliphatic heterocycles. The van der Waals surface area contributed by atoms with E-state index in [2.05, 4.69) is 279 Å². The molecular weight excluding hydrogens is 1050 g/mol. The molecule has 7 heteroatoms. The fraction of sp³-hybridized carbons (Fsp3) is 0. The molecule has 18 aromatic rings. The Morgan fingerprint density at radius 3 is 1.32 bits per heavy atom. The van der Waals surface area contributed by atoms with Crippen molar-refractivity contribution in [3.63, 3.8) is 0 Å². The van der Waals surface area contributed by atoms with Crippen molar-refractivity contribution >= 4 is 135 Å². The quantitative estimate of drug-likeness (QED) is 0.158. The number of hydrogen-bond donors (Lipinski definition) is 0. The molecule has 0 amide bonds. The molecule has 85 heavy (non-hydrogen) atoms. The number of para-hydroxylation sites is 6. The SMILES string of the molecule is [C-]#[N+]c1c(-n2c3ccccc3c3ccccc32)c(C#N)c(-n2c3ccccc3c3ccccc32)c(-n2c3ccc(-c4ccc5c6c(cccc46)-c4ccccc4-5)cc3c3ccc4c5ccccc5sc4c32)c1-n1c2ccccc2c2ccccc21. The summed E-state index contributed by atoms with van der Waals surface area (Å²) in [7, 11) is 0. The first-order chi connectivity index (χ1) is 42.2. The van der Waals surface area contributed by atoms with Crippen LogP contribution in [0.3, 0.4) is 0 Å². The average molecular weight is 1100 g/mol. The van der Waals surface area contributed by atoms with E-state index in [1.165, 1.54) is 43.1 Å². The van der Waals surface area contributed by atoms with Gasteiger partial charge in [0.25, 0.3) is 0 Å². The van der Waals surface area contributed by atoms with E-state index in [1.807, 2.05) is 0 Å². The highest BCUT2D eigenvalue weighted by atomic mass is 32.1. The number of nitriles is 1. The van der Waals surface area contributed by atoms with Crippen LogP contribution in [0.5, 0.6) is 0 Å². The molecule has 0 fully saturated rings. The number of hydrogen-bond acceptors (Lipinski definition) is 2. The number of aromatic nitrogens is 4. The van der Waals surface area contributed by atoms with Gasteiger partial charge in [0, 0.05) is 58.6 Å². The van der Waals surface area contributed by atoms with Crippen LogP contribution in [-0.2, 0) is 0 Å². The van der Waals surface area contributed by atoms with Crippen molar-refractivity contribution in [2.75, 3.05) is 0 Å². The molecule has 5 heterocycles. The van der Waals surface area contributed by atoms with E-state index in [9.17, 15) is 11.8 Å². The molecule has 6 nitrogen and oxygen atoms in total. The lowest BCUT2D eigenvalue weighted by Crippen LogP contribution is -2.14. The molecule has 390 valence electrons. The van der Waals surface area contributed by atoms with Crippen LogP contribution in [0.4, 0.5) is 5.69 Å². The smallest absolute Gasteiger partial charge is 0.237 e. The lowest BCUT2D eigenvalue weighted by atomic mass is 9.93. The van der Waals surface area contributed by atoms with Crippen molar-refractivity contribution in [3.8, 4) is 62.2 Å². The van der Waals surface area contributed by atoms with Gasteiger partial charge in [-0.25, -0.2) is 4.85 Å². The summed E-state index contributed by atoms with van der Waals surface area (Å²) in [6.07, 6.45) is 0. The van der Waals surface area contributed by atoms with Crippen molar-refractivity contribution in [2.45, 2.75) is 0 Å². The van der Waals surface area contributed by atoms with Gasteiger partial charge in [0.2, 0.25) is 5.69 Å². The number of nitrogens with zero attached hydrogens (tertiary/aromatic N) is 6. The molecule has 0 N–H and O–H groups in total. The summed E-state index contributed by atoms with van der Waals surface area (Å²) in [4.78, 5) is 4.85. The van der Waals surface area contributed by atoms with Crippen LogP contribution in [0.1, 0.15) is 5.56 Å². The van der Waals surface area contributed by atoms with E-state index in [1.54, 1.807) is 11.3 Å². The maximum Gasteiger partial charge on any atom is 0.237 e. The lowest BCUT2D eigenvalue weighted by molar-refractivity contribution is 1.03. The molecule has 0 bridgehead atoms. The Kier molecular flexibility index (Phi) is 9.26. The number of fused-ring (bicyclic) bond motifs is 19. The van der Waals surface area contributed by atoms with Crippen LogP contribution < -0.4 is 0 Å². The van der Waals surface area contributed by atoms with E-state index < -0.39 is 0 Å². The minimum Gasteiger partial charge on any atom is -0.318 e. The molecule has 1 aliphatic rings. The van der Waals surface area contributed by atoms with E-state index >= 15 is 0 Å². The van der Waals surface area contributed by atoms with Gasteiger partial charge in [0.1, 0.15) is 6.07 Å². The summed E-state index contributed by atoms with van der Waals surface area (Å²) in [5, 5.41) is 26.0. The lowest BCUT2D eigenvalue weighted by Gasteiger charge is -2.27. The second kappa shape index (κ2) is 17.0. The molecule has 0 unspecified atom stereocenters. The Morgan fingerprint density at radius 1 is 0.329 bits per heavy atom. The molecule has 0 spiro atoms. The number of thiophene rings is 1. The summed E-state index contributed by atoms with van der Waals surface area (Å²) < 4.78 is 11.6. The van der Waals surface area contributed by atoms with Crippen LogP contribution in [0.15, 0.2) is 255 Å². The minimum absolute atomic E-state index is 0.359. The first kappa shape index (κ1) is 46.2. The van der Waals surface area contributed by atoms with Crippen molar-refractivity contribution in [1.82, 2.24) is 18.3 Å². The van der Waals surface area contributed by atoms with E-state index in [4.69, 9.17) is 4.85 Å². The third-order valence-corrected chi connectivity index (χ3v) is 19.6. The van der Waals surface area contributed by atoms with E-state index in [-0.39, 0.29) is 0 Å². The number of benzene rings is 13. The molecule has 13 aromatic carbocycles. The second-order valence-electron chi connectivity index (χ2n) is 22.4. The highest BCUT2D eigenvalue weighted by Crippen LogP contribution is 2.55. The monoisotopic (exact) mass is 1090 g/mol. The highest BCUT2D eigenvalue weighted by molar-refractivity contribution is 7.26. The van der Waals surface area contributed by atoms with Crippen molar-refractivity contribution in [3.05, 3.63) is 272 Å². The second-order valence-corrected chi connectivity index (χ2v) is 23.4. The standard InChI is InChI=1S/C78H42N6S/c1-80-72-73(81-63-30-11-4-21-49(63)50-22-5-12-31-64(50)81)62(44-79)74(82-65-32-13-6-23-51(65)52-24-7-14-33-66(52)82)77(76(72)83-67-34-15-8-25-53(67)54-26-9-16-35-68(54)83)84-69-42-37-45(43-61(69)59-40-41-60-55-27-10-17-36-70(55)85-78(60)75(59)84)46-38-39-58-48-20-3-2-19-47(48)57-29-18-28-56(46)71(57)58/h2-43H. The molecule has 0 atom stereocenters. The van der Waals surface area contributed by atoms with Crippen molar-refractivity contribution in [1.29, 1.82) is 5.26 Å². The largest absolute Gasteiger partial charge is 0.318 e. The van der Waals surface area contributed by atoms with Gasteiger partial charge in [0.05, 0.1) is 83.7 Å². The fourth-order valence-electron chi connectivity index (χ4n) is 15.0. The predicted octanol–water partition coefficient (Wildman–Crippen LogP) is 21.3. The first-order valence-electron chi connectivity index (χ1n) is 28.7. The van der Waals surface area contributed by atoms with Crippen LogP contribution >= 0.6 is 11.3 Å². The zero-order valence-electron chi connectivity index (χ0n) is 45.3. The zero-order valence-corrected chi connectivity index (χ0v) is 46.2. The van der Waals surface area contributed by atoms with Crippen molar-refractivity contribution in [2.24, 2.45) is 0 Å². The fourth-order valence-corrected chi connectivity index (χ4v) is 16.2. The summed E-state index contributed by atoms with van der Waals surface area (Å²) in [6, 6.07) is 94.5. The molecular formula is C78H42N6S. The maximum atomic E-state index is 12.7. The van der Waals surface area contributed by atoms with Gasteiger partial charge in [-0.15, -0.1) is 11.3 Å². The van der Waals surface area contributed by atoms with Crippen LogP contribution in [-0.4, -0.2) is 18.3 Å². The Bertz CT molecular complexity index is 5800. The molecule has 19 rings (SSSR count). The minimum atomic E-state index is 0.359. The Balaban J connectivity index is 1.07. The van der Waals surface area contributed by atoms with E-state index in [0.29, 0.717) is 28.3 Å². The van der Waals surface area contributed by atoms with Gasteiger partial charge in [-0.05, 0) is 98.8 Å².